The maximum Gasteiger partial charge on any atom is 0.323 e. The van der Waals surface area contributed by atoms with Crippen LogP contribution in [0.3, 0.4) is 0 Å². The van der Waals surface area contributed by atoms with Crippen LogP contribution in [0.1, 0.15) is 47.0 Å². The molecule has 1 unspecified atom stereocenters. The highest BCUT2D eigenvalue weighted by Crippen LogP contribution is 2.47. The standard InChI is InChI=1S/C17H26O4/c1-5-9-10-14-12-17(11-13(14)6-2,15(18)20-7-3)16(19)21-8-4/h6,9-10,14H,5,7-8,11-12H2,1-4H3/b10-9+,13-6+. The molecule has 0 N–H and O–H groups in total. The molecule has 21 heavy (non-hydrogen) atoms. The summed E-state index contributed by atoms with van der Waals surface area (Å²) in [7, 11) is 0. The maximum absolute atomic E-state index is 12.4. The Balaban J connectivity index is 3.12. The van der Waals surface area contributed by atoms with Gasteiger partial charge in [0.25, 0.3) is 0 Å². The molecule has 1 aliphatic rings. The predicted octanol–water partition coefficient (Wildman–Crippen LogP) is 3.42. The molecule has 1 aliphatic carbocycles. The third-order valence-corrected chi connectivity index (χ3v) is 3.86. The largest absolute Gasteiger partial charge is 0.465 e. The minimum absolute atomic E-state index is 0.101. The van der Waals surface area contributed by atoms with Crippen LogP contribution >= 0.6 is 0 Å². The molecule has 0 amide bonds. The molecule has 0 aromatic carbocycles. The number of esters is 2. The Morgan fingerprint density at radius 1 is 1.19 bits per heavy atom. The van der Waals surface area contributed by atoms with Crippen LogP contribution in [0.5, 0.6) is 0 Å². The summed E-state index contributed by atoms with van der Waals surface area (Å²) in [5, 5.41) is 0. The topological polar surface area (TPSA) is 52.6 Å². The lowest BCUT2D eigenvalue weighted by atomic mass is 9.85. The van der Waals surface area contributed by atoms with Gasteiger partial charge in [0, 0.05) is 0 Å². The molecule has 118 valence electrons. The molecule has 0 heterocycles. The van der Waals surface area contributed by atoms with E-state index in [4.69, 9.17) is 9.47 Å². The number of allylic oxidation sites excluding steroid dienone is 4. The predicted molar refractivity (Wildman–Crippen MR) is 81.6 cm³/mol. The van der Waals surface area contributed by atoms with Crippen LogP contribution in [-0.4, -0.2) is 25.2 Å². The summed E-state index contributed by atoms with van der Waals surface area (Å²) in [6.07, 6.45) is 7.89. The molecule has 0 aromatic heterocycles. The first kappa shape index (κ1) is 17.5. The van der Waals surface area contributed by atoms with E-state index in [1.54, 1.807) is 13.8 Å². The summed E-state index contributed by atoms with van der Waals surface area (Å²) >= 11 is 0. The molecule has 0 bridgehead atoms. The summed E-state index contributed by atoms with van der Waals surface area (Å²) in [5.74, 6) is -0.825. The lowest BCUT2D eigenvalue weighted by molar-refractivity contribution is -0.171. The van der Waals surface area contributed by atoms with Crippen molar-refractivity contribution in [3.05, 3.63) is 23.8 Å². The van der Waals surface area contributed by atoms with Gasteiger partial charge in [-0.25, -0.2) is 0 Å². The van der Waals surface area contributed by atoms with E-state index in [1.807, 2.05) is 13.0 Å². The molecule has 0 saturated heterocycles. The molecular weight excluding hydrogens is 268 g/mol. The van der Waals surface area contributed by atoms with E-state index >= 15 is 0 Å². The first-order valence-corrected chi connectivity index (χ1v) is 7.71. The SMILES string of the molecule is C/C=C1\CC(C(=O)OCC)(C(=O)OCC)CC1/C=C/CC. The van der Waals surface area contributed by atoms with E-state index in [-0.39, 0.29) is 19.1 Å². The van der Waals surface area contributed by atoms with Gasteiger partial charge in [-0.3, -0.25) is 9.59 Å². The van der Waals surface area contributed by atoms with Crippen LogP contribution in [0.2, 0.25) is 0 Å². The van der Waals surface area contributed by atoms with Gasteiger partial charge in [0.1, 0.15) is 0 Å². The zero-order valence-electron chi connectivity index (χ0n) is 13.5. The average molecular weight is 294 g/mol. The maximum atomic E-state index is 12.4. The van der Waals surface area contributed by atoms with Crippen molar-refractivity contribution in [1.82, 2.24) is 0 Å². The number of ether oxygens (including phenoxy) is 2. The van der Waals surface area contributed by atoms with E-state index in [0.29, 0.717) is 12.8 Å². The Bertz CT molecular complexity index is 416. The molecule has 1 atom stereocenters. The lowest BCUT2D eigenvalue weighted by Crippen LogP contribution is -2.40. The molecule has 1 fully saturated rings. The minimum Gasteiger partial charge on any atom is -0.465 e. The Morgan fingerprint density at radius 2 is 1.76 bits per heavy atom. The van der Waals surface area contributed by atoms with Crippen LogP contribution in [0.4, 0.5) is 0 Å². The number of hydrogen-bond donors (Lipinski definition) is 0. The van der Waals surface area contributed by atoms with Crippen LogP contribution < -0.4 is 0 Å². The third kappa shape index (κ3) is 3.74. The second-order valence-electron chi connectivity index (χ2n) is 5.21. The highest BCUT2D eigenvalue weighted by atomic mass is 16.6. The molecule has 0 radical (unpaired) electrons. The average Bonchev–Trinajstić information content (AvgIpc) is 2.86. The molecule has 0 aromatic rings. The number of carbonyl (C=O) groups is 2. The van der Waals surface area contributed by atoms with Gasteiger partial charge in [0.15, 0.2) is 5.41 Å². The third-order valence-electron chi connectivity index (χ3n) is 3.86. The highest BCUT2D eigenvalue weighted by Gasteiger charge is 2.55. The van der Waals surface area contributed by atoms with Gasteiger partial charge in [-0.05, 0) is 46.0 Å². The molecule has 0 aliphatic heterocycles. The van der Waals surface area contributed by atoms with Crippen LogP contribution in [0.25, 0.3) is 0 Å². The molecule has 4 heteroatoms. The minimum atomic E-state index is -1.18. The second kappa shape index (κ2) is 8.01. The van der Waals surface area contributed by atoms with Crippen LogP contribution in [-0.2, 0) is 19.1 Å². The smallest absolute Gasteiger partial charge is 0.323 e. The molecule has 4 nitrogen and oxygen atoms in total. The highest BCUT2D eigenvalue weighted by molar-refractivity contribution is 6.01. The van der Waals surface area contributed by atoms with Gasteiger partial charge in [-0.2, -0.15) is 0 Å². The first-order chi connectivity index (χ1) is 10.1. The number of hydrogen-bond acceptors (Lipinski definition) is 4. The van der Waals surface area contributed by atoms with Crippen molar-refractivity contribution in [1.29, 1.82) is 0 Å². The molecule has 1 rings (SSSR count). The zero-order chi connectivity index (χ0) is 15.9. The van der Waals surface area contributed by atoms with Gasteiger partial charge in [-0.15, -0.1) is 0 Å². The van der Waals surface area contributed by atoms with Gasteiger partial charge in [-0.1, -0.05) is 30.7 Å². The van der Waals surface area contributed by atoms with Crippen molar-refractivity contribution >= 4 is 11.9 Å². The molecule has 1 saturated carbocycles. The quantitative estimate of drug-likeness (QED) is 0.428. The van der Waals surface area contributed by atoms with Gasteiger partial charge in [0.05, 0.1) is 13.2 Å². The molecule has 0 spiro atoms. The van der Waals surface area contributed by atoms with Crippen molar-refractivity contribution < 1.29 is 19.1 Å². The van der Waals surface area contributed by atoms with Gasteiger partial charge in [0.2, 0.25) is 0 Å². The number of rotatable bonds is 6. The van der Waals surface area contributed by atoms with Crippen molar-refractivity contribution in [2.24, 2.45) is 11.3 Å². The van der Waals surface area contributed by atoms with Crippen molar-refractivity contribution in [3.63, 3.8) is 0 Å². The van der Waals surface area contributed by atoms with Crippen molar-refractivity contribution in [2.45, 2.75) is 47.0 Å². The molecular formula is C17H26O4. The van der Waals surface area contributed by atoms with Crippen LogP contribution in [0.15, 0.2) is 23.8 Å². The van der Waals surface area contributed by atoms with Crippen LogP contribution in [0, 0.1) is 11.3 Å². The Hall–Kier alpha value is -1.58. The summed E-state index contributed by atoms with van der Waals surface area (Å²) in [6, 6.07) is 0. The Morgan fingerprint density at radius 3 is 2.19 bits per heavy atom. The Labute approximate surface area is 127 Å². The normalized spacial score (nSPS) is 22.7. The van der Waals surface area contributed by atoms with E-state index < -0.39 is 17.4 Å². The van der Waals surface area contributed by atoms with E-state index in [0.717, 1.165) is 12.0 Å². The summed E-state index contributed by atoms with van der Waals surface area (Å²) in [4.78, 5) is 24.8. The number of carbonyl (C=O) groups excluding carboxylic acids is 2. The fourth-order valence-electron chi connectivity index (χ4n) is 2.80. The lowest BCUT2D eigenvalue weighted by Gasteiger charge is -2.24. The Kier molecular flexibility index (Phi) is 6.66. The van der Waals surface area contributed by atoms with Gasteiger partial charge >= 0.3 is 11.9 Å². The van der Waals surface area contributed by atoms with Gasteiger partial charge < -0.3 is 9.47 Å². The zero-order valence-corrected chi connectivity index (χ0v) is 13.5. The fourth-order valence-corrected chi connectivity index (χ4v) is 2.80. The second-order valence-corrected chi connectivity index (χ2v) is 5.21. The van der Waals surface area contributed by atoms with Crippen molar-refractivity contribution in [2.75, 3.05) is 13.2 Å². The summed E-state index contributed by atoms with van der Waals surface area (Å²) in [6.45, 7) is 8.02. The van der Waals surface area contributed by atoms with E-state index in [9.17, 15) is 9.59 Å². The van der Waals surface area contributed by atoms with Crippen molar-refractivity contribution in [3.8, 4) is 0 Å². The fraction of sp³-hybridized carbons (Fsp3) is 0.647. The summed E-state index contributed by atoms with van der Waals surface area (Å²) < 4.78 is 10.3. The van der Waals surface area contributed by atoms with E-state index in [1.165, 1.54) is 0 Å². The monoisotopic (exact) mass is 294 g/mol. The van der Waals surface area contributed by atoms with E-state index in [2.05, 4.69) is 19.1 Å². The first-order valence-electron chi connectivity index (χ1n) is 7.71. The summed E-state index contributed by atoms with van der Waals surface area (Å²) in [5.41, 5.74) is -0.0859.